The molecule has 0 aliphatic rings. The summed E-state index contributed by atoms with van der Waals surface area (Å²) in [7, 11) is 0. The van der Waals surface area contributed by atoms with Gasteiger partial charge in [0.2, 0.25) is 0 Å². The highest BCUT2D eigenvalue weighted by atomic mass is 32.1. The molecule has 0 saturated carbocycles. The van der Waals surface area contributed by atoms with Crippen LogP contribution < -0.4 is 0 Å². The minimum absolute atomic E-state index is 0.106. The molecule has 3 nitrogen and oxygen atoms in total. The molecule has 0 unspecified atom stereocenters. The van der Waals surface area contributed by atoms with Gasteiger partial charge in [-0.1, -0.05) is 30.0 Å². The Balaban J connectivity index is 1.87. The quantitative estimate of drug-likeness (QED) is 0.274. The standard InChI is InChI=1S/C20H9F6N3S/c21-19(22,23)14-6-3-12(4-7-14)16-10-17(20(24,25)26)29-18(28-16)13(11-27-29)5-8-15-2-1-9-30-15/h1-4,6-7,9-11H. The van der Waals surface area contributed by atoms with Crippen LogP contribution in [-0.4, -0.2) is 14.6 Å². The molecule has 0 spiro atoms. The molecule has 0 amide bonds. The topological polar surface area (TPSA) is 30.2 Å². The average molecular weight is 437 g/mol. The van der Waals surface area contributed by atoms with Gasteiger partial charge in [-0.25, -0.2) is 9.50 Å². The molecule has 4 rings (SSSR count). The smallest absolute Gasteiger partial charge is 0.227 e. The molecule has 0 fully saturated rings. The molecule has 0 radical (unpaired) electrons. The lowest BCUT2D eigenvalue weighted by molar-refractivity contribution is -0.142. The SMILES string of the molecule is FC(F)(F)c1ccc(-c2cc(C(F)(F)F)n3ncc(C#Cc4cccs4)c3n2)cc1. The molecule has 10 heteroatoms. The lowest BCUT2D eigenvalue weighted by Gasteiger charge is -2.12. The van der Waals surface area contributed by atoms with Crippen molar-refractivity contribution in [3.8, 4) is 23.1 Å². The highest BCUT2D eigenvalue weighted by molar-refractivity contribution is 7.10. The van der Waals surface area contributed by atoms with E-state index >= 15 is 0 Å². The number of hydrogen-bond donors (Lipinski definition) is 0. The number of aromatic nitrogens is 3. The van der Waals surface area contributed by atoms with Gasteiger partial charge in [0.15, 0.2) is 11.3 Å². The zero-order chi connectivity index (χ0) is 21.5. The van der Waals surface area contributed by atoms with E-state index in [1.165, 1.54) is 17.5 Å². The zero-order valence-electron chi connectivity index (χ0n) is 14.7. The number of benzene rings is 1. The van der Waals surface area contributed by atoms with Crippen LogP contribution in [0, 0.1) is 11.8 Å². The van der Waals surface area contributed by atoms with Crippen LogP contribution in [-0.2, 0) is 12.4 Å². The molecule has 4 aromatic rings. The molecule has 0 bridgehead atoms. The van der Waals surface area contributed by atoms with Crippen molar-refractivity contribution >= 4 is 17.0 Å². The van der Waals surface area contributed by atoms with E-state index in [1.54, 1.807) is 12.1 Å². The number of nitrogens with zero attached hydrogens (tertiary/aromatic N) is 3. The van der Waals surface area contributed by atoms with E-state index in [9.17, 15) is 26.3 Å². The van der Waals surface area contributed by atoms with Crippen LogP contribution in [0.25, 0.3) is 16.9 Å². The largest absolute Gasteiger partial charge is 0.433 e. The van der Waals surface area contributed by atoms with Crippen molar-refractivity contribution in [2.24, 2.45) is 0 Å². The van der Waals surface area contributed by atoms with E-state index < -0.39 is 23.6 Å². The maximum atomic E-state index is 13.6. The molecular weight excluding hydrogens is 428 g/mol. The molecule has 30 heavy (non-hydrogen) atoms. The second-order valence-electron chi connectivity index (χ2n) is 6.12. The summed E-state index contributed by atoms with van der Waals surface area (Å²) in [5, 5.41) is 5.56. The van der Waals surface area contributed by atoms with Crippen molar-refractivity contribution in [2.45, 2.75) is 12.4 Å². The van der Waals surface area contributed by atoms with Gasteiger partial charge < -0.3 is 0 Å². The Bertz CT molecular complexity index is 1260. The Labute approximate surface area is 169 Å². The molecule has 152 valence electrons. The van der Waals surface area contributed by atoms with Gasteiger partial charge in [0.25, 0.3) is 0 Å². The molecule has 0 atom stereocenters. The molecule has 1 aromatic carbocycles. The van der Waals surface area contributed by atoms with E-state index in [4.69, 9.17) is 0 Å². The zero-order valence-corrected chi connectivity index (χ0v) is 15.5. The Morgan fingerprint density at radius 2 is 1.63 bits per heavy atom. The van der Waals surface area contributed by atoms with Crippen molar-refractivity contribution in [3.05, 3.63) is 75.7 Å². The van der Waals surface area contributed by atoms with Crippen LogP contribution in [0.3, 0.4) is 0 Å². The van der Waals surface area contributed by atoms with Crippen LogP contribution >= 0.6 is 11.3 Å². The number of halogens is 6. The molecule has 0 N–H and O–H groups in total. The number of hydrogen-bond acceptors (Lipinski definition) is 3. The van der Waals surface area contributed by atoms with E-state index in [1.807, 2.05) is 5.38 Å². The molecule has 3 heterocycles. The van der Waals surface area contributed by atoms with Crippen molar-refractivity contribution in [3.63, 3.8) is 0 Å². The van der Waals surface area contributed by atoms with Crippen LogP contribution in [0.5, 0.6) is 0 Å². The maximum Gasteiger partial charge on any atom is 0.433 e. The van der Waals surface area contributed by atoms with Crippen molar-refractivity contribution in [2.75, 3.05) is 0 Å². The predicted octanol–water partition coefficient (Wildman–Crippen LogP) is 5.90. The van der Waals surface area contributed by atoms with Crippen molar-refractivity contribution in [1.29, 1.82) is 0 Å². The fourth-order valence-electron chi connectivity index (χ4n) is 2.71. The molecule has 0 aliphatic carbocycles. The minimum atomic E-state index is -4.76. The van der Waals surface area contributed by atoms with Gasteiger partial charge in [0, 0.05) is 5.56 Å². The lowest BCUT2D eigenvalue weighted by Crippen LogP contribution is -2.13. The first-order valence-corrected chi connectivity index (χ1v) is 9.20. The fraction of sp³-hybridized carbons (Fsp3) is 0.100. The lowest BCUT2D eigenvalue weighted by atomic mass is 10.1. The van der Waals surface area contributed by atoms with Crippen molar-refractivity contribution in [1.82, 2.24) is 14.6 Å². The average Bonchev–Trinajstić information content (AvgIpc) is 3.34. The summed E-state index contributed by atoms with van der Waals surface area (Å²) in [6.45, 7) is 0. The van der Waals surface area contributed by atoms with E-state index in [-0.39, 0.29) is 22.5 Å². The second kappa shape index (κ2) is 7.18. The van der Waals surface area contributed by atoms with Crippen LogP contribution in [0.15, 0.2) is 54.0 Å². The summed E-state index contributed by atoms with van der Waals surface area (Å²) in [6.07, 6.45) is -8.13. The van der Waals surface area contributed by atoms with E-state index in [0.717, 1.165) is 30.3 Å². The first-order valence-electron chi connectivity index (χ1n) is 8.32. The summed E-state index contributed by atoms with van der Waals surface area (Å²) in [4.78, 5) is 4.90. The van der Waals surface area contributed by atoms with Gasteiger partial charge in [-0.05, 0) is 29.6 Å². The molecule has 3 aromatic heterocycles. The van der Waals surface area contributed by atoms with Gasteiger partial charge in [0.05, 0.1) is 27.9 Å². The van der Waals surface area contributed by atoms with E-state index in [2.05, 4.69) is 21.9 Å². The van der Waals surface area contributed by atoms with Gasteiger partial charge in [-0.3, -0.25) is 0 Å². The Kier molecular flexibility index (Phi) is 4.78. The van der Waals surface area contributed by atoms with Gasteiger partial charge in [-0.15, -0.1) is 11.3 Å². The van der Waals surface area contributed by atoms with Gasteiger partial charge in [-0.2, -0.15) is 31.4 Å². The first-order chi connectivity index (χ1) is 14.1. The van der Waals surface area contributed by atoms with Crippen molar-refractivity contribution < 1.29 is 26.3 Å². The van der Waals surface area contributed by atoms with Crippen LogP contribution in [0.1, 0.15) is 21.7 Å². The Morgan fingerprint density at radius 3 is 2.23 bits per heavy atom. The number of fused-ring (bicyclic) bond motifs is 1. The summed E-state index contributed by atoms with van der Waals surface area (Å²) in [5.74, 6) is 5.58. The fourth-order valence-corrected chi connectivity index (χ4v) is 3.28. The monoisotopic (exact) mass is 437 g/mol. The highest BCUT2D eigenvalue weighted by Crippen LogP contribution is 2.34. The first kappa shape index (κ1) is 20.0. The number of alkyl halides is 6. The predicted molar refractivity (Wildman–Crippen MR) is 98.7 cm³/mol. The Hall–Kier alpha value is -3.32. The van der Waals surface area contributed by atoms with Crippen LogP contribution in [0.4, 0.5) is 26.3 Å². The minimum Gasteiger partial charge on any atom is -0.227 e. The number of rotatable bonds is 1. The third-order valence-electron chi connectivity index (χ3n) is 4.11. The normalized spacial score (nSPS) is 12.1. The maximum absolute atomic E-state index is 13.6. The highest BCUT2D eigenvalue weighted by Gasteiger charge is 2.36. The van der Waals surface area contributed by atoms with Gasteiger partial charge in [0.1, 0.15) is 0 Å². The second-order valence-corrected chi connectivity index (χ2v) is 7.07. The summed E-state index contributed by atoms with van der Waals surface area (Å²) >= 11 is 1.37. The molecular formula is C20H9F6N3S. The molecule has 0 aliphatic heterocycles. The van der Waals surface area contributed by atoms with Crippen LogP contribution in [0.2, 0.25) is 0 Å². The summed E-state index contributed by atoms with van der Waals surface area (Å²) < 4.78 is 79.7. The third-order valence-corrected chi connectivity index (χ3v) is 4.90. The summed E-state index contributed by atoms with van der Waals surface area (Å²) in [6, 6.07) is 8.03. The third kappa shape index (κ3) is 3.89. The van der Waals surface area contributed by atoms with E-state index in [0.29, 0.717) is 9.39 Å². The number of thiophene rings is 1. The summed E-state index contributed by atoms with van der Waals surface area (Å²) in [5.41, 5.74) is -2.01. The van der Waals surface area contributed by atoms with Gasteiger partial charge >= 0.3 is 12.4 Å². The Morgan fingerprint density at radius 1 is 0.900 bits per heavy atom. The molecule has 0 saturated heterocycles.